The fraction of sp³-hybridized carbons (Fsp3) is 0.429. The minimum atomic E-state index is -4.59. The first-order chi connectivity index (χ1) is 6.45. The number of rotatable bonds is 2. The van der Waals surface area contributed by atoms with Crippen LogP contribution in [0.25, 0.3) is 0 Å². The fourth-order valence-corrected chi connectivity index (χ4v) is 0.738. The van der Waals surface area contributed by atoms with Gasteiger partial charge >= 0.3 is 6.18 Å². The van der Waals surface area contributed by atoms with Crippen LogP contribution in [-0.2, 0) is 4.74 Å². The topological polar surface area (TPSA) is 57.0 Å². The third kappa shape index (κ3) is 2.24. The predicted molar refractivity (Wildman–Crippen MR) is 37.6 cm³/mol. The van der Waals surface area contributed by atoms with Crippen LogP contribution in [0.15, 0.2) is 33.6 Å². The van der Waals surface area contributed by atoms with Gasteiger partial charge in [-0.25, -0.2) is 0 Å². The Kier molecular flexibility index (Phi) is 2.78. The first-order valence-electron chi connectivity index (χ1n) is 3.70. The highest BCUT2D eigenvalue weighted by atomic mass is 19.4. The zero-order chi connectivity index (χ0) is 10.8. The van der Waals surface area contributed by atoms with Crippen LogP contribution in [0, 0.1) is 0 Å². The lowest BCUT2D eigenvalue weighted by molar-refractivity contribution is -0.358. The van der Waals surface area contributed by atoms with E-state index in [-0.39, 0.29) is 6.61 Å². The van der Waals surface area contributed by atoms with E-state index in [0.717, 1.165) is 0 Å². The van der Waals surface area contributed by atoms with Gasteiger partial charge in [-0.3, -0.25) is 0 Å². The molecule has 1 rings (SSSR count). The number of azo groups is 1. The molecule has 7 heteroatoms. The number of alkyl halides is 3. The molecule has 0 radical (unpaired) electrons. The molecule has 1 aliphatic rings. The van der Waals surface area contributed by atoms with E-state index in [4.69, 9.17) is 0 Å². The summed E-state index contributed by atoms with van der Waals surface area (Å²) in [6, 6.07) is 0. The quantitative estimate of drug-likeness (QED) is 0.643. The Balaban J connectivity index is 2.88. The number of hydrogen-bond acceptors (Lipinski definition) is 4. The van der Waals surface area contributed by atoms with Crippen LogP contribution in [0.1, 0.15) is 6.92 Å². The van der Waals surface area contributed by atoms with Crippen molar-refractivity contribution in [2.24, 2.45) is 10.2 Å². The van der Waals surface area contributed by atoms with Gasteiger partial charge in [0.2, 0.25) is 0 Å². The van der Waals surface area contributed by atoms with E-state index in [2.05, 4.69) is 15.0 Å². The van der Waals surface area contributed by atoms with E-state index in [1.807, 2.05) is 0 Å². The zero-order valence-corrected chi connectivity index (χ0v) is 7.13. The van der Waals surface area contributed by atoms with Gasteiger partial charge in [-0.05, 0) is 6.61 Å². The third-order valence-corrected chi connectivity index (χ3v) is 1.31. The maximum atomic E-state index is 12.0. The molecule has 0 aromatic carbocycles. The molecule has 0 N–H and O–H groups in total. The van der Waals surface area contributed by atoms with E-state index in [1.54, 1.807) is 6.92 Å². The molecule has 0 saturated heterocycles. The molecule has 0 bridgehead atoms. The summed E-state index contributed by atoms with van der Waals surface area (Å²) in [4.78, 5) is 0. The van der Waals surface area contributed by atoms with E-state index in [1.165, 1.54) is 0 Å². The predicted octanol–water partition coefficient (Wildman–Crippen LogP) is 1.46. The summed E-state index contributed by atoms with van der Waals surface area (Å²) in [6.45, 7) is 1.62. The highest BCUT2D eigenvalue weighted by Gasteiger charge is 2.36. The van der Waals surface area contributed by atoms with E-state index in [9.17, 15) is 18.3 Å². The average molecular weight is 207 g/mol. The number of allylic oxidation sites excluding steroid dienone is 2. The van der Waals surface area contributed by atoms with Crippen molar-refractivity contribution in [3.05, 3.63) is 23.4 Å². The van der Waals surface area contributed by atoms with E-state index >= 15 is 0 Å². The summed E-state index contributed by atoms with van der Waals surface area (Å²) in [5.74, 6) is -0.907. The molecule has 0 fully saturated rings. The van der Waals surface area contributed by atoms with Gasteiger partial charge in [0.05, 0.1) is 5.95 Å². The van der Waals surface area contributed by atoms with Crippen molar-refractivity contribution >= 4 is 0 Å². The average Bonchev–Trinajstić information content (AvgIpc) is 2.51. The molecular weight excluding hydrogens is 201 g/mol. The first-order valence-corrected chi connectivity index (χ1v) is 3.70. The summed E-state index contributed by atoms with van der Waals surface area (Å²) in [7, 11) is 0. The second kappa shape index (κ2) is 3.69. The van der Waals surface area contributed by atoms with E-state index in [0.29, 0.717) is 6.08 Å². The second-order valence-corrected chi connectivity index (χ2v) is 2.33. The first kappa shape index (κ1) is 10.6. The van der Waals surface area contributed by atoms with Crippen molar-refractivity contribution in [3.8, 4) is 0 Å². The molecule has 0 aliphatic carbocycles. The second-order valence-electron chi connectivity index (χ2n) is 2.33. The lowest BCUT2D eigenvalue weighted by Gasteiger charge is -2.12. The molecule has 0 atom stereocenters. The van der Waals surface area contributed by atoms with Gasteiger partial charge in [0.25, 0.3) is 0 Å². The van der Waals surface area contributed by atoms with Crippen LogP contribution in [0.3, 0.4) is 0 Å². The van der Waals surface area contributed by atoms with Gasteiger partial charge in [0, 0.05) is 6.08 Å². The minimum Gasteiger partial charge on any atom is -0.612 e. The Bertz CT molecular complexity index is 317. The van der Waals surface area contributed by atoms with E-state index < -0.39 is 23.5 Å². The molecule has 0 aromatic heterocycles. The smallest absolute Gasteiger partial charge is 0.435 e. The van der Waals surface area contributed by atoms with Crippen molar-refractivity contribution in [2.75, 3.05) is 6.61 Å². The molecule has 1 heterocycles. The van der Waals surface area contributed by atoms with Gasteiger partial charge in [0.1, 0.15) is 5.70 Å². The number of nitrogens with zero attached hydrogens (tertiary/aromatic N) is 2. The molecule has 0 unspecified atom stereocenters. The highest BCUT2D eigenvalue weighted by Crippen LogP contribution is 2.32. The Morgan fingerprint density at radius 2 is 2.14 bits per heavy atom. The monoisotopic (exact) mass is 207 g/mol. The van der Waals surface area contributed by atoms with Gasteiger partial charge in [0.15, 0.2) is 5.70 Å². The molecule has 0 aromatic rings. The van der Waals surface area contributed by atoms with Gasteiger partial charge in [-0.15, -0.1) is 10.2 Å². The van der Waals surface area contributed by atoms with Gasteiger partial charge in [-0.2, -0.15) is 13.2 Å². The lowest BCUT2D eigenvalue weighted by Crippen LogP contribution is -2.10. The van der Waals surface area contributed by atoms with Crippen LogP contribution in [0.4, 0.5) is 13.2 Å². The Labute approximate surface area is 77.4 Å². The highest BCUT2D eigenvalue weighted by molar-refractivity contribution is 5.28. The molecule has 0 amide bonds. The van der Waals surface area contributed by atoms with Crippen LogP contribution in [0.2, 0.25) is 0 Å². The molecule has 78 valence electrons. The van der Waals surface area contributed by atoms with Crippen molar-refractivity contribution in [1.29, 1.82) is 0 Å². The number of ether oxygens (including phenoxy) is 1. The fourth-order valence-electron chi connectivity index (χ4n) is 0.738. The Morgan fingerprint density at radius 1 is 1.50 bits per heavy atom. The zero-order valence-electron chi connectivity index (χ0n) is 7.13. The molecule has 4 nitrogen and oxygen atoms in total. The van der Waals surface area contributed by atoms with Gasteiger partial charge < -0.3 is 9.84 Å². The van der Waals surface area contributed by atoms with Crippen molar-refractivity contribution in [2.45, 2.75) is 13.1 Å². The summed E-state index contributed by atoms with van der Waals surface area (Å²) in [5.41, 5.74) is -1.63. The number of hydrogen-bond donors (Lipinski definition) is 0. The third-order valence-electron chi connectivity index (χ3n) is 1.31. The van der Waals surface area contributed by atoms with Crippen molar-refractivity contribution < 1.29 is 23.0 Å². The molecular formula is C7H6F3N2O2-. The van der Waals surface area contributed by atoms with Crippen LogP contribution in [-0.4, -0.2) is 12.8 Å². The SMILES string of the molecule is CCOC([O-])=C1C=C(C(F)(F)F)N=N1. The standard InChI is InChI=1S/C7H7F3N2O2/c1-2-14-6(13)4-3-5(12-11-4)7(8,9)10/h3,13H,2H2,1H3/p-1. The largest absolute Gasteiger partial charge is 0.612 e. The minimum absolute atomic E-state index is 0.0764. The normalized spacial score (nSPS) is 19.6. The molecule has 0 spiro atoms. The van der Waals surface area contributed by atoms with Crippen LogP contribution in [0.5, 0.6) is 0 Å². The Hall–Kier alpha value is -1.53. The van der Waals surface area contributed by atoms with Gasteiger partial charge in [-0.1, -0.05) is 6.92 Å². The van der Waals surface area contributed by atoms with Crippen LogP contribution < -0.4 is 5.11 Å². The molecule has 1 aliphatic heterocycles. The number of halogens is 3. The summed E-state index contributed by atoms with van der Waals surface area (Å²) in [5, 5.41) is 16.8. The maximum absolute atomic E-state index is 12.0. The summed E-state index contributed by atoms with van der Waals surface area (Å²) >= 11 is 0. The lowest BCUT2D eigenvalue weighted by atomic mass is 10.3. The van der Waals surface area contributed by atoms with Crippen molar-refractivity contribution in [1.82, 2.24) is 0 Å². The molecule has 0 saturated carbocycles. The Morgan fingerprint density at radius 3 is 2.57 bits per heavy atom. The molecule has 14 heavy (non-hydrogen) atoms. The maximum Gasteiger partial charge on any atom is 0.435 e. The summed E-state index contributed by atoms with van der Waals surface area (Å²) < 4.78 is 40.4. The van der Waals surface area contributed by atoms with Crippen molar-refractivity contribution in [3.63, 3.8) is 0 Å². The summed E-state index contributed by atoms with van der Waals surface area (Å²) in [6.07, 6.45) is -4.03. The van der Waals surface area contributed by atoms with Crippen LogP contribution >= 0.6 is 0 Å².